The molecule has 458 valence electrons. The van der Waals surface area contributed by atoms with Gasteiger partial charge in [-0.05, 0) is 158 Å². The van der Waals surface area contributed by atoms with E-state index in [0.29, 0.717) is 62.8 Å². The second-order valence-corrected chi connectivity index (χ2v) is 22.8. The summed E-state index contributed by atoms with van der Waals surface area (Å²) in [4.78, 5) is 70.8. The molecule has 86 heavy (non-hydrogen) atoms. The van der Waals surface area contributed by atoms with Crippen molar-refractivity contribution in [3.8, 4) is 34.2 Å². The predicted molar refractivity (Wildman–Crippen MR) is 330 cm³/mol. The number of aryl methyl sites for hydroxylation is 5. The third kappa shape index (κ3) is 17.6. The fourth-order valence-corrected chi connectivity index (χ4v) is 11.4. The van der Waals surface area contributed by atoms with Gasteiger partial charge >= 0.3 is 0 Å². The van der Waals surface area contributed by atoms with Gasteiger partial charge in [-0.25, -0.2) is 44.3 Å². The van der Waals surface area contributed by atoms with Crippen LogP contribution in [0.25, 0.3) is 34.2 Å². The summed E-state index contributed by atoms with van der Waals surface area (Å²) >= 11 is 23.5. The van der Waals surface area contributed by atoms with Crippen molar-refractivity contribution in [3.63, 3.8) is 0 Å². The number of pyridine rings is 4. The van der Waals surface area contributed by atoms with Crippen LogP contribution in [0, 0.1) is 34.6 Å². The maximum absolute atomic E-state index is 13.5. The first-order valence-corrected chi connectivity index (χ1v) is 29.6. The SMILES string of the molecule is Cc1cc(-c2ncn(C3CCCCO3)n2)cc(Cl)n1.Cc1cc(-c2ncn(C3CCCCO3)n2)cc(NC(=O)C2CCC(=O)N2C2CCN(Cc3ccc(Cl)c(C)c3)CC2)n1.Cc1cc(-c2ncn[nH]2)cc(Cl)n1.Cc1cc(C(N)=O)cc(Cl)n1.F.[HH].[HH]. The summed E-state index contributed by atoms with van der Waals surface area (Å²) in [6.07, 6.45) is 13.7. The van der Waals surface area contributed by atoms with Crippen LogP contribution in [0.15, 0.2) is 85.7 Å². The van der Waals surface area contributed by atoms with E-state index in [-0.39, 0.29) is 37.9 Å². The van der Waals surface area contributed by atoms with E-state index in [1.165, 1.54) is 24.4 Å². The van der Waals surface area contributed by atoms with Crippen LogP contribution in [-0.4, -0.2) is 131 Å². The zero-order valence-corrected chi connectivity index (χ0v) is 51.3. The Kier molecular flexibility index (Phi) is 22.8. The van der Waals surface area contributed by atoms with E-state index in [1.807, 2.05) is 56.9 Å². The first kappa shape index (κ1) is 64.6. The molecular formula is C59H72Cl4FN17O5. The number of nitrogens with zero attached hydrogens (tertiary/aromatic N) is 14. The standard InChI is InChI=1S/C31H38ClN7O3.C13H15ClN4O.C8H7ClN4.C7H7ClN2O.FH.2H2/c1-20-15-22(6-7-25(20)32)18-37-12-10-24(11-13-37)39-26(8-9-28(39)40)31(41)35-27-17-23(16-21(2)34-27)30-33-19-38(36-30)29-5-3-4-14-42-29;1-9-6-10(7-11(14)16-9)13-15-8-18(17-13)12-4-2-3-5-19-12;1-5-2-6(3-7(9)12-5)8-10-4-11-13-8;1-4-2-5(7(9)11)3-6(8)10-4;;;/h6-7,15-17,19,24,26,29H,3-5,8-14,18H2,1-2H3,(H,34,35,41);6-8,12H,2-5H2,1H3;2-4H,1H3,(H,10,11,13);2-3H,1H3,(H2,9,11);3*1H. The van der Waals surface area contributed by atoms with E-state index in [1.54, 1.807) is 53.2 Å². The number of piperidine rings is 1. The summed E-state index contributed by atoms with van der Waals surface area (Å²) in [5, 5.41) is 20.6. The van der Waals surface area contributed by atoms with Crippen molar-refractivity contribution >= 4 is 69.9 Å². The summed E-state index contributed by atoms with van der Waals surface area (Å²) in [6, 6.07) is 19.8. The Morgan fingerprint density at radius 1 is 0.674 bits per heavy atom. The first-order valence-electron chi connectivity index (χ1n) is 28.1. The lowest BCUT2D eigenvalue weighted by atomic mass is 10.0. The lowest BCUT2D eigenvalue weighted by molar-refractivity contribution is -0.136. The molecule has 0 bridgehead atoms. The van der Waals surface area contributed by atoms with Crippen LogP contribution in [0.4, 0.5) is 10.5 Å². The molecule has 4 saturated heterocycles. The van der Waals surface area contributed by atoms with Gasteiger partial charge in [-0.2, -0.15) is 5.10 Å². The number of amides is 3. The number of benzene rings is 1. The van der Waals surface area contributed by atoms with Crippen molar-refractivity contribution in [1.82, 2.24) is 74.4 Å². The van der Waals surface area contributed by atoms with Gasteiger partial charge in [-0.15, -0.1) is 10.2 Å². The van der Waals surface area contributed by atoms with Crippen LogP contribution < -0.4 is 11.1 Å². The lowest BCUT2D eigenvalue weighted by Crippen LogP contribution is -2.51. The molecule has 0 aliphatic carbocycles. The Labute approximate surface area is 520 Å². The summed E-state index contributed by atoms with van der Waals surface area (Å²) in [5.74, 6) is 1.72. The third-order valence-electron chi connectivity index (χ3n) is 14.5. The van der Waals surface area contributed by atoms with Crippen LogP contribution in [0.2, 0.25) is 20.5 Å². The normalized spacial score (nSPS) is 17.9. The molecule has 4 N–H and O–H groups in total. The van der Waals surface area contributed by atoms with Gasteiger partial charge < -0.3 is 25.4 Å². The lowest BCUT2D eigenvalue weighted by Gasteiger charge is -2.39. The molecule has 0 radical (unpaired) electrons. The van der Waals surface area contributed by atoms with E-state index in [9.17, 15) is 14.4 Å². The number of hydrogen-bond donors (Lipinski definition) is 3. The first-order chi connectivity index (χ1) is 40.9. The number of nitrogens with one attached hydrogen (secondary N) is 2. The average molecular weight is 1260 g/mol. The molecule has 4 aliphatic rings. The average Bonchev–Trinajstić information content (AvgIpc) is 4.54. The number of carbonyl (C=O) groups is 3. The number of aromatic nitrogens is 13. The number of aromatic amines is 1. The third-order valence-corrected chi connectivity index (χ3v) is 15.5. The molecule has 4 aliphatic heterocycles. The molecule has 3 unspecified atom stereocenters. The van der Waals surface area contributed by atoms with Crippen molar-refractivity contribution < 1.29 is 31.4 Å². The number of halogens is 5. The van der Waals surface area contributed by atoms with Crippen molar-refractivity contribution in [2.24, 2.45) is 5.73 Å². The molecule has 22 nitrogen and oxygen atoms in total. The molecule has 4 fully saturated rings. The number of anilines is 1. The minimum Gasteiger partial charge on any atom is -0.366 e. The van der Waals surface area contributed by atoms with Gasteiger partial charge in [0, 0.05) is 98.2 Å². The summed E-state index contributed by atoms with van der Waals surface area (Å²) in [6.45, 7) is 13.6. The molecule has 3 atom stereocenters. The Balaban J connectivity index is 0.000000220. The van der Waals surface area contributed by atoms with E-state index >= 15 is 0 Å². The molecule has 0 spiro atoms. The molecule has 7 aromatic heterocycles. The highest BCUT2D eigenvalue weighted by molar-refractivity contribution is 6.31. The van der Waals surface area contributed by atoms with Gasteiger partial charge in [0.2, 0.25) is 17.7 Å². The number of nitrogens with two attached hydrogens (primary N) is 1. The smallest absolute Gasteiger partial charge is 0.248 e. The number of primary amides is 1. The minimum absolute atomic E-state index is 0. The fraction of sp³-hybridized carbons (Fsp3) is 0.407. The van der Waals surface area contributed by atoms with Gasteiger partial charge in [0.05, 0.1) is 0 Å². The highest BCUT2D eigenvalue weighted by Crippen LogP contribution is 2.31. The molecule has 12 rings (SSSR count). The number of H-pyrrole nitrogens is 1. The molecular weight excluding hydrogens is 1190 g/mol. The topological polar surface area (TPSA) is 269 Å². The monoisotopic (exact) mass is 1260 g/mol. The second kappa shape index (κ2) is 30.3. The summed E-state index contributed by atoms with van der Waals surface area (Å²) < 4.78 is 15.1. The fourth-order valence-electron chi connectivity index (χ4n) is 10.5. The van der Waals surface area contributed by atoms with Gasteiger partial charge in [-0.3, -0.25) is 29.1 Å². The molecule has 3 amide bonds. The molecule has 11 heterocycles. The number of likely N-dealkylation sites (tertiary alicyclic amines) is 2. The maximum Gasteiger partial charge on any atom is 0.248 e. The number of ether oxygens (including phenoxy) is 2. The van der Waals surface area contributed by atoms with E-state index in [4.69, 9.17) is 61.6 Å². The van der Waals surface area contributed by atoms with E-state index in [2.05, 4.69) is 77.6 Å². The number of hydrogen-bond acceptors (Lipinski definition) is 16. The highest BCUT2D eigenvalue weighted by Gasteiger charge is 2.41. The van der Waals surface area contributed by atoms with Crippen molar-refractivity contribution in [3.05, 3.63) is 146 Å². The second-order valence-electron chi connectivity index (χ2n) is 21.2. The Hall–Kier alpha value is -7.38. The van der Waals surface area contributed by atoms with E-state index in [0.717, 1.165) is 122 Å². The van der Waals surface area contributed by atoms with Crippen LogP contribution in [0.5, 0.6) is 0 Å². The number of rotatable bonds is 11. The summed E-state index contributed by atoms with van der Waals surface area (Å²) in [5.41, 5.74) is 13.4. The largest absolute Gasteiger partial charge is 0.366 e. The highest BCUT2D eigenvalue weighted by atomic mass is 35.5. The molecule has 1 aromatic carbocycles. The van der Waals surface area contributed by atoms with Gasteiger partial charge in [-0.1, -0.05) is 58.5 Å². The van der Waals surface area contributed by atoms with Crippen LogP contribution in [0.1, 0.15) is 124 Å². The van der Waals surface area contributed by atoms with Crippen molar-refractivity contribution in [2.75, 3.05) is 31.6 Å². The van der Waals surface area contributed by atoms with Gasteiger partial charge in [0.1, 0.15) is 46.3 Å². The Bertz CT molecular complexity index is 3540. The van der Waals surface area contributed by atoms with Crippen molar-refractivity contribution in [2.45, 2.75) is 130 Å². The minimum atomic E-state index is -0.500. The van der Waals surface area contributed by atoms with Crippen molar-refractivity contribution in [1.29, 1.82) is 0 Å². The maximum atomic E-state index is 13.5. The van der Waals surface area contributed by atoms with Crippen LogP contribution >= 0.6 is 46.4 Å². The Morgan fingerprint density at radius 2 is 1.23 bits per heavy atom. The van der Waals surface area contributed by atoms with Crippen LogP contribution in [0.3, 0.4) is 0 Å². The zero-order valence-electron chi connectivity index (χ0n) is 48.3. The summed E-state index contributed by atoms with van der Waals surface area (Å²) in [7, 11) is 0. The molecule has 0 saturated carbocycles. The predicted octanol–water partition coefficient (Wildman–Crippen LogP) is 11.5. The van der Waals surface area contributed by atoms with Crippen LogP contribution in [-0.2, 0) is 25.6 Å². The van der Waals surface area contributed by atoms with Gasteiger partial charge in [0.15, 0.2) is 29.9 Å². The number of carbonyl (C=O) groups excluding carboxylic acids is 3. The van der Waals surface area contributed by atoms with Gasteiger partial charge in [0.25, 0.3) is 0 Å². The molecule has 27 heteroatoms. The molecule has 8 aromatic rings. The quantitative estimate of drug-likeness (QED) is 0.102. The zero-order chi connectivity index (χ0) is 60.1. The Morgan fingerprint density at radius 3 is 1.77 bits per heavy atom. The van der Waals surface area contributed by atoms with E-state index < -0.39 is 11.9 Å².